The Bertz CT molecular complexity index is 853. The summed E-state index contributed by atoms with van der Waals surface area (Å²) in [4.78, 5) is 7.49. The third kappa shape index (κ3) is 1.98. The lowest BCUT2D eigenvalue weighted by atomic mass is 10.2. The molecule has 0 aliphatic heterocycles. The van der Waals surface area contributed by atoms with Crippen LogP contribution in [0.1, 0.15) is 5.56 Å². The molecule has 0 bridgehead atoms. The minimum absolute atomic E-state index is 0.275. The lowest BCUT2D eigenvalue weighted by molar-refractivity contribution is 0.399. The summed E-state index contributed by atoms with van der Waals surface area (Å²) in [5.41, 5.74) is 3.04. The van der Waals surface area contributed by atoms with Gasteiger partial charge in [0.25, 0.3) is 0 Å². The normalized spacial score (nSPS) is 10.9. The number of ether oxygens (including phenoxy) is 1. The van der Waals surface area contributed by atoms with E-state index in [-0.39, 0.29) is 5.82 Å². The Hall–Kier alpha value is -2.21. The number of pyridine rings is 1. The van der Waals surface area contributed by atoms with E-state index in [0.29, 0.717) is 16.3 Å². The number of benzene rings is 1. The molecule has 102 valence electrons. The van der Waals surface area contributed by atoms with Crippen LogP contribution in [0.25, 0.3) is 16.9 Å². The van der Waals surface area contributed by atoms with Crippen molar-refractivity contribution in [1.82, 2.24) is 14.5 Å². The van der Waals surface area contributed by atoms with Crippen LogP contribution in [0.15, 0.2) is 30.3 Å². The number of halogens is 1. The predicted octanol–water partition coefficient (Wildman–Crippen LogP) is 3.54. The number of fused-ring (bicyclic) bond motifs is 1. The molecule has 6 heteroatoms. The molecule has 0 spiro atoms. The Morgan fingerprint density at radius 2 is 2.10 bits per heavy atom. The van der Waals surface area contributed by atoms with Crippen LogP contribution in [0.5, 0.6) is 5.88 Å². The Kier molecular flexibility index (Phi) is 3.02. The zero-order chi connectivity index (χ0) is 14.3. The molecule has 1 N–H and O–H groups in total. The molecule has 3 rings (SSSR count). The Balaban J connectivity index is 2.34. The van der Waals surface area contributed by atoms with Crippen LogP contribution in [-0.4, -0.2) is 21.6 Å². The van der Waals surface area contributed by atoms with Gasteiger partial charge in [-0.2, -0.15) is 4.98 Å². The van der Waals surface area contributed by atoms with Crippen molar-refractivity contribution in [2.75, 3.05) is 7.11 Å². The average Bonchev–Trinajstić information content (AvgIpc) is 2.74. The molecule has 0 aliphatic carbocycles. The van der Waals surface area contributed by atoms with E-state index >= 15 is 0 Å². The molecule has 0 aliphatic rings. The summed E-state index contributed by atoms with van der Waals surface area (Å²) in [5.74, 6) is 0.225. The topological polar surface area (TPSA) is 42.8 Å². The number of imidazole rings is 1. The minimum atomic E-state index is -0.275. The van der Waals surface area contributed by atoms with Crippen molar-refractivity contribution in [3.8, 4) is 11.6 Å². The Labute approximate surface area is 119 Å². The van der Waals surface area contributed by atoms with Gasteiger partial charge in [-0.15, -0.1) is 0 Å². The second-order valence-corrected chi connectivity index (χ2v) is 4.81. The molecule has 3 aromatic rings. The molecule has 0 atom stereocenters. The maximum absolute atomic E-state index is 13.2. The number of hydrogen-bond donors (Lipinski definition) is 1. The van der Waals surface area contributed by atoms with Gasteiger partial charge in [-0.25, -0.2) is 4.39 Å². The van der Waals surface area contributed by atoms with Gasteiger partial charge in [-0.05, 0) is 49.0 Å². The van der Waals surface area contributed by atoms with Crippen molar-refractivity contribution in [2.45, 2.75) is 6.92 Å². The summed E-state index contributed by atoms with van der Waals surface area (Å²) < 4.78 is 20.7. The first-order valence-electron chi connectivity index (χ1n) is 6.02. The van der Waals surface area contributed by atoms with Gasteiger partial charge in [-0.1, -0.05) is 0 Å². The van der Waals surface area contributed by atoms with Gasteiger partial charge in [-0.3, -0.25) is 4.57 Å². The highest BCUT2D eigenvalue weighted by molar-refractivity contribution is 7.71. The van der Waals surface area contributed by atoms with Crippen LogP contribution >= 0.6 is 12.2 Å². The summed E-state index contributed by atoms with van der Waals surface area (Å²) in [6, 6.07) is 8.18. The molecule has 0 saturated heterocycles. The molecule has 0 radical (unpaired) electrons. The average molecular weight is 289 g/mol. The number of aromatic amines is 1. The molecule has 0 unspecified atom stereocenters. The van der Waals surface area contributed by atoms with E-state index in [4.69, 9.17) is 17.0 Å². The largest absolute Gasteiger partial charge is 0.481 e. The first-order valence-corrected chi connectivity index (χ1v) is 6.43. The minimum Gasteiger partial charge on any atom is -0.481 e. The van der Waals surface area contributed by atoms with E-state index in [2.05, 4.69) is 9.97 Å². The highest BCUT2D eigenvalue weighted by Gasteiger charge is 2.11. The van der Waals surface area contributed by atoms with Crippen molar-refractivity contribution in [3.63, 3.8) is 0 Å². The fourth-order valence-electron chi connectivity index (χ4n) is 2.17. The van der Waals surface area contributed by atoms with Crippen molar-refractivity contribution in [2.24, 2.45) is 0 Å². The van der Waals surface area contributed by atoms with E-state index in [0.717, 1.165) is 16.8 Å². The van der Waals surface area contributed by atoms with Gasteiger partial charge >= 0.3 is 0 Å². The molecule has 1 aromatic carbocycles. The molecule has 4 nitrogen and oxygen atoms in total. The van der Waals surface area contributed by atoms with Crippen LogP contribution in [0.4, 0.5) is 4.39 Å². The summed E-state index contributed by atoms with van der Waals surface area (Å²) in [7, 11) is 1.56. The second-order valence-electron chi connectivity index (χ2n) is 4.42. The highest BCUT2D eigenvalue weighted by atomic mass is 32.1. The van der Waals surface area contributed by atoms with Gasteiger partial charge < -0.3 is 9.72 Å². The van der Waals surface area contributed by atoms with Crippen LogP contribution in [0.2, 0.25) is 0 Å². The van der Waals surface area contributed by atoms with Crippen molar-refractivity contribution >= 4 is 23.4 Å². The summed E-state index contributed by atoms with van der Waals surface area (Å²) >= 11 is 5.34. The van der Waals surface area contributed by atoms with Crippen LogP contribution in [-0.2, 0) is 0 Å². The molecule has 0 fully saturated rings. The molecule has 2 aromatic heterocycles. The molecular formula is C14H12FN3OS. The monoisotopic (exact) mass is 289 g/mol. The van der Waals surface area contributed by atoms with Crippen molar-refractivity contribution < 1.29 is 9.13 Å². The number of methoxy groups -OCH3 is 1. The maximum Gasteiger partial charge on any atom is 0.215 e. The number of aryl methyl sites for hydroxylation is 1. The highest BCUT2D eigenvalue weighted by Crippen LogP contribution is 2.23. The smallest absolute Gasteiger partial charge is 0.215 e. The predicted molar refractivity (Wildman–Crippen MR) is 77.5 cm³/mol. The molecule has 2 heterocycles. The van der Waals surface area contributed by atoms with Crippen molar-refractivity contribution in [3.05, 3.63) is 46.5 Å². The van der Waals surface area contributed by atoms with Gasteiger partial charge in [0.1, 0.15) is 5.82 Å². The molecule has 20 heavy (non-hydrogen) atoms. The van der Waals surface area contributed by atoms with Crippen LogP contribution in [0.3, 0.4) is 0 Å². The number of nitrogens with zero attached hydrogens (tertiary/aromatic N) is 2. The van der Waals surface area contributed by atoms with E-state index in [9.17, 15) is 4.39 Å². The Morgan fingerprint density at radius 1 is 1.30 bits per heavy atom. The van der Waals surface area contributed by atoms with E-state index < -0.39 is 0 Å². The number of aromatic nitrogens is 3. The number of H-pyrrole nitrogens is 1. The lowest BCUT2D eigenvalue weighted by Gasteiger charge is -2.08. The van der Waals surface area contributed by atoms with Gasteiger partial charge in [0.15, 0.2) is 10.4 Å². The number of rotatable bonds is 2. The number of nitrogens with one attached hydrogen (secondary N) is 1. The molecule has 0 amide bonds. The van der Waals surface area contributed by atoms with E-state index in [1.807, 2.05) is 13.0 Å². The van der Waals surface area contributed by atoms with Crippen molar-refractivity contribution in [1.29, 1.82) is 0 Å². The quantitative estimate of drug-likeness (QED) is 0.734. The summed E-state index contributed by atoms with van der Waals surface area (Å²) in [6.07, 6.45) is 0. The van der Waals surface area contributed by atoms with Crippen LogP contribution in [0, 0.1) is 17.5 Å². The maximum atomic E-state index is 13.2. The lowest BCUT2D eigenvalue weighted by Crippen LogP contribution is -1.99. The van der Waals surface area contributed by atoms with Crippen LogP contribution < -0.4 is 4.74 Å². The summed E-state index contributed by atoms with van der Waals surface area (Å²) in [6.45, 7) is 1.83. The third-order valence-electron chi connectivity index (χ3n) is 3.11. The summed E-state index contributed by atoms with van der Waals surface area (Å²) in [5, 5.41) is 0. The fraction of sp³-hybridized carbons (Fsp3) is 0.143. The van der Waals surface area contributed by atoms with Gasteiger partial charge in [0.2, 0.25) is 5.88 Å². The fourth-order valence-corrected chi connectivity index (χ4v) is 2.47. The van der Waals surface area contributed by atoms with E-state index in [1.54, 1.807) is 23.8 Å². The van der Waals surface area contributed by atoms with Gasteiger partial charge in [0.05, 0.1) is 18.3 Å². The first kappa shape index (κ1) is 12.8. The third-order valence-corrected chi connectivity index (χ3v) is 3.40. The second kappa shape index (κ2) is 4.72. The Morgan fingerprint density at radius 3 is 2.80 bits per heavy atom. The van der Waals surface area contributed by atoms with Gasteiger partial charge in [0, 0.05) is 6.07 Å². The van der Waals surface area contributed by atoms with E-state index in [1.165, 1.54) is 12.1 Å². The number of hydrogen-bond acceptors (Lipinski definition) is 3. The zero-order valence-electron chi connectivity index (χ0n) is 11.0. The SMILES string of the molecule is COc1ccc2[nH]c(=S)n(-c3ccc(F)cc3C)c2n1. The first-order chi connectivity index (χ1) is 9.60. The molecular weight excluding hydrogens is 277 g/mol. The standard InChI is InChI=1S/C14H12FN3OS/c1-8-7-9(15)3-5-11(8)18-13-10(16-14(18)20)4-6-12(17-13)19-2/h3-7H,1-2H3,(H,16,20). The molecule has 0 saturated carbocycles. The zero-order valence-corrected chi connectivity index (χ0v) is 11.8.